The summed E-state index contributed by atoms with van der Waals surface area (Å²) in [6.45, 7) is 1.59. The number of hydrogen-bond acceptors (Lipinski definition) is 3. The first-order valence-electron chi connectivity index (χ1n) is 6.87. The predicted molar refractivity (Wildman–Crippen MR) is 82.0 cm³/mol. The molecule has 0 amide bonds. The van der Waals surface area contributed by atoms with Crippen molar-refractivity contribution >= 4 is 23.4 Å². The van der Waals surface area contributed by atoms with Crippen LogP contribution in [0.25, 0.3) is 0 Å². The van der Waals surface area contributed by atoms with Crippen LogP contribution in [0.3, 0.4) is 0 Å². The van der Waals surface area contributed by atoms with Crippen LogP contribution in [0, 0.1) is 0 Å². The first kappa shape index (κ1) is 13.9. The lowest BCUT2D eigenvalue weighted by atomic mass is 10.0. The number of pyridine rings is 1. The van der Waals surface area contributed by atoms with Crippen molar-refractivity contribution in [3.05, 3.63) is 58.2 Å². The number of carboxylic acid groups (broad SMARTS) is 1. The lowest BCUT2D eigenvalue weighted by molar-refractivity contribution is 0.0691. The molecule has 2 heterocycles. The SMILES string of the molecule is O=C(O)c1nc(N2CCCc3ccccc3C2)ccc1Cl. The van der Waals surface area contributed by atoms with Crippen molar-refractivity contribution in [2.45, 2.75) is 19.4 Å². The number of halogens is 1. The van der Waals surface area contributed by atoms with Crippen LogP contribution in [0.5, 0.6) is 0 Å². The summed E-state index contributed by atoms with van der Waals surface area (Å²) in [5, 5.41) is 9.30. The molecule has 0 spiro atoms. The number of benzene rings is 1. The van der Waals surface area contributed by atoms with Crippen LogP contribution in [0.1, 0.15) is 28.0 Å². The number of hydrogen-bond donors (Lipinski definition) is 1. The number of anilines is 1. The molecule has 1 aromatic carbocycles. The highest BCUT2D eigenvalue weighted by atomic mass is 35.5. The lowest BCUT2D eigenvalue weighted by Crippen LogP contribution is -2.24. The fourth-order valence-corrected chi connectivity index (χ4v) is 2.84. The van der Waals surface area contributed by atoms with Gasteiger partial charge in [-0.1, -0.05) is 35.9 Å². The second kappa shape index (κ2) is 5.74. The topological polar surface area (TPSA) is 53.4 Å². The van der Waals surface area contributed by atoms with Crippen LogP contribution in [-0.4, -0.2) is 22.6 Å². The van der Waals surface area contributed by atoms with E-state index in [4.69, 9.17) is 16.7 Å². The van der Waals surface area contributed by atoms with Crippen molar-refractivity contribution in [3.63, 3.8) is 0 Å². The Morgan fingerprint density at radius 1 is 1.19 bits per heavy atom. The minimum Gasteiger partial charge on any atom is -0.476 e. The molecule has 1 aliphatic rings. The van der Waals surface area contributed by atoms with Gasteiger partial charge in [-0.05, 0) is 36.1 Å². The molecule has 0 saturated heterocycles. The van der Waals surface area contributed by atoms with Gasteiger partial charge in [0.1, 0.15) is 5.82 Å². The van der Waals surface area contributed by atoms with Crippen LogP contribution < -0.4 is 4.90 Å². The van der Waals surface area contributed by atoms with Gasteiger partial charge in [0.05, 0.1) is 5.02 Å². The van der Waals surface area contributed by atoms with Crippen LogP contribution in [0.2, 0.25) is 5.02 Å². The summed E-state index contributed by atoms with van der Waals surface area (Å²) >= 11 is 5.88. The van der Waals surface area contributed by atoms with Crippen molar-refractivity contribution in [2.75, 3.05) is 11.4 Å². The molecular formula is C16H15ClN2O2. The highest BCUT2D eigenvalue weighted by molar-refractivity contribution is 6.33. The summed E-state index contributed by atoms with van der Waals surface area (Å²) in [6, 6.07) is 11.7. The second-order valence-electron chi connectivity index (χ2n) is 5.10. The van der Waals surface area contributed by atoms with Gasteiger partial charge in [0.15, 0.2) is 5.69 Å². The molecule has 0 unspecified atom stereocenters. The smallest absolute Gasteiger partial charge is 0.356 e. The number of rotatable bonds is 2. The Morgan fingerprint density at radius 3 is 2.71 bits per heavy atom. The maximum atomic E-state index is 11.2. The van der Waals surface area contributed by atoms with Crippen molar-refractivity contribution in [1.82, 2.24) is 4.98 Å². The third-order valence-corrected chi connectivity index (χ3v) is 4.02. The highest BCUT2D eigenvalue weighted by Gasteiger charge is 2.18. The predicted octanol–water partition coefficient (Wildman–Crippen LogP) is 3.39. The molecule has 2 aromatic rings. The molecule has 0 fully saturated rings. The largest absolute Gasteiger partial charge is 0.476 e. The number of aromatic nitrogens is 1. The minimum atomic E-state index is -1.10. The van der Waals surface area contributed by atoms with Crippen molar-refractivity contribution in [2.24, 2.45) is 0 Å². The van der Waals surface area contributed by atoms with Gasteiger partial charge in [-0.15, -0.1) is 0 Å². The van der Waals surface area contributed by atoms with Crippen LogP contribution >= 0.6 is 11.6 Å². The van der Waals surface area contributed by atoms with E-state index in [2.05, 4.69) is 28.1 Å². The Labute approximate surface area is 128 Å². The summed E-state index contributed by atoms with van der Waals surface area (Å²) in [6.07, 6.45) is 2.05. The van der Waals surface area contributed by atoms with E-state index in [1.165, 1.54) is 11.1 Å². The summed E-state index contributed by atoms with van der Waals surface area (Å²) < 4.78 is 0. The van der Waals surface area contributed by atoms with Crippen LogP contribution in [0.15, 0.2) is 36.4 Å². The van der Waals surface area contributed by atoms with Crippen LogP contribution in [-0.2, 0) is 13.0 Å². The molecule has 0 aliphatic carbocycles. The molecule has 0 bridgehead atoms. The maximum Gasteiger partial charge on any atom is 0.356 e. The number of nitrogens with zero attached hydrogens (tertiary/aromatic N) is 2. The quantitative estimate of drug-likeness (QED) is 0.924. The first-order chi connectivity index (χ1) is 10.1. The molecule has 0 saturated carbocycles. The van der Waals surface area contributed by atoms with E-state index in [1.54, 1.807) is 12.1 Å². The number of aryl methyl sites for hydroxylation is 1. The molecule has 108 valence electrons. The molecular weight excluding hydrogens is 288 g/mol. The molecule has 1 aromatic heterocycles. The van der Waals surface area contributed by atoms with Gasteiger partial charge in [0.2, 0.25) is 0 Å². The van der Waals surface area contributed by atoms with E-state index in [9.17, 15) is 4.79 Å². The zero-order valence-electron chi connectivity index (χ0n) is 11.4. The third-order valence-electron chi connectivity index (χ3n) is 3.71. The molecule has 1 N–H and O–H groups in total. The first-order valence-corrected chi connectivity index (χ1v) is 7.24. The summed E-state index contributed by atoms with van der Waals surface area (Å²) in [7, 11) is 0. The average molecular weight is 303 g/mol. The monoisotopic (exact) mass is 302 g/mol. The fourth-order valence-electron chi connectivity index (χ4n) is 2.65. The van der Waals surface area contributed by atoms with Crippen molar-refractivity contribution < 1.29 is 9.90 Å². The Balaban J connectivity index is 1.94. The van der Waals surface area contributed by atoms with E-state index in [1.807, 2.05) is 6.07 Å². The summed E-state index contributed by atoms with van der Waals surface area (Å²) in [4.78, 5) is 17.5. The zero-order chi connectivity index (χ0) is 14.8. The third kappa shape index (κ3) is 2.85. The van der Waals surface area contributed by atoms with Gasteiger partial charge in [-0.2, -0.15) is 0 Å². The average Bonchev–Trinajstić information content (AvgIpc) is 2.69. The molecule has 3 rings (SSSR count). The lowest BCUT2D eigenvalue weighted by Gasteiger charge is -2.22. The summed E-state index contributed by atoms with van der Waals surface area (Å²) in [5.41, 5.74) is 2.53. The normalized spacial score (nSPS) is 14.4. The number of fused-ring (bicyclic) bond motifs is 1. The zero-order valence-corrected chi connectivity index (χ0v) is 12.2. The Kier molecular flexibility index (Phi) is 3.80. The van der Waals surface area contributed by atoms with E-state index in [-0.39, 0.29) is 10.7 Å². The maximum absolute atomic E-state index is 11.2. The molecule has 21 heavy (non-hydrogen) atoms. The van der Waals surface area contributed by atoms with E-state index in [0.717, 1.165) is 25.9 Å². The van der Waals surface area contributed by atoms with E-state index >= 15 is 0 Å². The number of carboxylic acids is 1. The van der Waals surface area contributed by atoms with Gasteiger partial charge >= 0.3 is 5.97 Å². The molecule has 5 heteroatoms. The van der Waals surface area contributed by atoms with Crippen molar-refractivity contribution in [3.8, 4) is 0 Å². The summed E-state index contributed by atoms with van der Waals surface area (Å²) in [5.74, 6) is -0.439. The van der Waals surface area contributed by atoms with Crippen molar-refractivity contribution in [1.29, 1.82) is 0 Å². The molecule has 1 aliphatic heterocycles. The van der Waals surface area contributed by atoms with Gasteiger partial charge in [0.25, 0.3) is 0 Å². The van der Waals surface area contributed by atoms with E-state index < -0.39 is 5.97 Å². The molecule has 4 nitrogen and oxygen atoms in total. The Morgan fingerprint density at radius 2 is 1.95 bits per heavy atom. The molecule has 0 radical (unpaired) electrons. The van der Waals surface area contributed by atoms with Gasteiger partial charge < -0.3 is 10.0 Å². The second-order valence-corrected chi connectivity index (χ2v) is 5.51. The standard InChI is InChI=1S/C16H15ClN2O2/c17-13-7-8-14(18-15(13)16(20)21)19-9-3-6-11-4-1-2-5-12(11)10-19/h1-2,4-5,7-8H,3,6,9-10H2,(H,20,21). The Bertz CT molecular complexity index is 688. The van der Waals surface area contributed by atoms with E-state index in [0.29, 0.717) is 5.82 Å². The fraction of sp³-hybridized carbons (Fsp3) is 0.250. The minimum absolute atomic E-state index is 0.0910. The van der Waals surface area contributed by atoms with Gasteiger partial charge in [-0.25, -0.2) is 9.78 Å². The number of carbonyl (C=O) groups is 1. The van der Waals surface area contributed by atoms with Gasteiger partial charge in [0, 0.05) is 13.1 Å². The number of aromatic carboxylic acids is 1. The Hall–Kier alpha value is -2.07. The molecule has 0 atom stereocenters. The van der Waals surface area contributed by atoms with Gasteiger partial charge in [-0.3, -0.25) is 0 Å². The van der Waals surface area contributed by atoms with Crippen LogP contribution in [0.4, 0.5) is 5.82 Å². The highest BCUT2D eigenvalue weighted by Crippen LogP contribution is 2.25.